The normalized spacial score (nSPS) is 18.1. The Labute approximate surface area is 158 Å². The minimum absolute atomic E-state index is 0. The summed E-state index contributed by atoms with van der Waals surface area (Å²) in [5.74, 6) is 0.919. The van der Waals surface area contributed by atoms with E-state index >= 15 is 0 Å². The Morgan fingerprint density at radius 1 is 1.26 bits per heavy atom. The van der Waals surface area contributed by atoms with E-state index in [-0.39, 0.29) is 36.4 Å². The summed E-state index contributed by atoms with van der Waals surface area (Å²) < 4.78 is 0. The average molecular weight is 439 g/mol. The molecule has 1 rings (SSSR count). The predicted octanol–water partition coefficient (Wildman–Crippen LogP) is 1.46. The molecule has 1 atom stereocenters. The second kappa shape index (κ2) is 11.9. The Morgan fingerprint density at radius 3 is 2.43 bits per heavy atom. The van der Waals surface area contributed by atoms with Crippen LogP contribution in [0.5, 0.6) is 0 Å². The third-order valence-electron chi connectivity index (χ3n) is 4.19. The zero-order valence-corrected chi connectivity index (χ0v) is 17.7. The van der Waals surface area contributed by atoms with Gasteiger partial charge in [0.2, 0.25) is 5.91 Å². The molecule has 1 aliphatic rings. The molecule has 1 aliphatic heterocycles. The summed E-state index contributed by atoms with van der Waals surface area (Å²) >= 11 is 0. The predicted molar refractivity (Wildman–Crippen MR) is 108 cm³/mol. The van der Waals surface area contributed by atoms with Crippen molar-refractivity contribution in [3.8, 4) is 0 Å². The summed E-state index contributed by atoms with van der Waals surface area (Å²) in [7, 11) is 3.53. The lowest BCUT2D eigenvalue weighted by Crippen LogP contribution is -2.44. The van der Waals surface area contributed by atoms with E-state index in [1.54, 1.807) is 19.0 Å². The largest absolute Gasteiger partial charge is 0.356 e. The molecule has 7 heteroatoms. The van der Waals surface area contributed by atoms with Gasteiger partial charge in [0.1, 0.15) is 6.54 Å². The van der Waals surface area contributed by atoms with Crippen LogP contribution in [0.25, 0.3) is 0 Å². The number of nitrogens with one attached hydrogen (secondary N) is 1. The molecule has 0 saturated carbocycles. The molecule has 136 valence electrons. The number of amides is 1. The number of likely N-dealkylation sites (tertiary alicyclic amines) is 1. The van der Waals surface area contributed by atoms with Crippen molar-refractivity contribution in [3.05, 3.63) is 0 Å². The lowest BCUT2D eigenvalue weighted by atomic mass is 10.2. The Morgan fingerprint density at radius 2 is 1.91 bits per heavy atom. The van der Waals surface area contributed by atoms with Gasteiger partial charge in [-0.25, -0.2) is 4.99 Å². The van der Waals surface area contributed by atoms with Gasteiger partial charge in [-0.15, -0.1) is 24.0 Å². The third-order valence-corrected chi connectivity index (χ3v) is 4.19. The first-order chi connectivity index (χ1) is 10.5. The smallest absolute Gasteiger partial charge is 0.243 e. The van der Waals surface area contributed by atoms with Crippen LogP contribution in [0.15, 0.2) is 4.99 Å². The molecule has 0 aromatic rings. The maximum Gasteiger partial charge on any atom is 0.243 e. The van der Waals surface area contributed by atoms with Crippen molar-refractivity contribution in [2.45, 2.75) is 39.7 Å². The molecule has 1 N–H and O–H groups in total. The number of guanidine groups is 1. The second-order valence-corrected chi connectivity index (χ2v) is 5.96. The van der Waals surface area contributed by atoms with Gasteiger partial charge in [-0.3, -0.25) is 9.69 Å². The first-order valence-corrected chi connectivity index (χ1v) is 8.50. The van der Waals surface area contributed by atoms with Gasteiger partial charge in [0.15, 0.2) is 5.96 Å². The van der Waals surface area contributed by atoms with Crippen molar-refractivity contribution in [1.82, 2.24) is 20.0 Å². The number of halogens is 1. The van der Waals surface area contributed by atoms with Crippen molar-refractivity contribution in [2.75, 3.05) is 53.4 Å². The lowest BCUT2D eigenvalue weighted by Gasteiger charge is -2.27. The summed E-state index contributed by atoms with van der Waals surface area (Å²) in [4.78, 5) is 22.7. The highest BCUT2D eigenvalue weighted by molar-refractivity contribution is 14.0. The first-order valence-electron chi connectivity index (χ1n) is 8.50. The molecule has 1 fully saturated rings. The molecule has 1 heterocycles. The Bertz CT molecular complexity index is 371. The number of hydrogen-bond acceptors (Lipinski definition) is 3. The highest BCUT2D eigenvalue weighted by Gasteiger charge is 2.28. The van der Waals surface area contributed by atoms with Crippen LogP contribution in [0.3, 0.4) is 0 Å². The van der Waals surface area contributed by atoms with Crippen LogP contribution in [0.2, 0.25) is 0 Å². The Balaban J connectivity index is 0.00000484. The average Bonchev–Trinajstić information content (AvgIpc) is 2.97. The second-order valence-electron chi connectivity index (χ2n) is 5.96. The Kier molecular flexibility index (Phi) is 11.6. The van der Waals surface area contributed by atoms with Crippen molar-refractivity contribution >= 4 is 35.8 Å². The van der Waals surface area contributed by atoms with Crippen molar-refractivity contribution in [2.24, 2.45) is 4.99 Å². The van der Waals surface area contributed by atoms with E-state index in [0.29, 0.717) is 6.04 Å². The molecular formula is C16H34IN5O. The fourth-order valence-electron chi connectivity index (χ4n) is 2.76. The minimum atomic E-state index is 0. The number of aliphatic imine (C=N–C) groups is 1. The van der Waals surface area contributed by atoms with Crippen LogP contribution in [-0.2, 0) is 4.79 Å². The fraction of sp³-hybridized carbons (Fsp3) is 0.875. The fourth-order valence-corrected chi connectivity index (χ4v) is 2.76. The molecule has 1 amide bonds. The summed E-state index contributed by atoms with van der Waals surface area (Å²) in [6, 6.07) is 0.591. The monoisotopic (exact) mass is 439 g/mol. The van der Waals surface area contributed by atoms with Gasteiger partial charge < -0.3 is 15.1 Å². The van der Waals surface area contributed by atoms with Crippen LogP contribution in [-0.4, -0.2) is 86.0 Å². The SMILES string of the molecule is CCCNC(=NCC(=O)N(C)C)N1CCC(N(CC)CC)C1.I. The van der Waals surface area contributed by atoms with E-state index in [1.807, 2.05) is 0 Å². The van der Waals surface area contributed by atoms with Gasteiger partial charge in [0.05, 0.1) is 0 Å². The van der Waals surface area contributed by atoms with E-state index < -0.39 is 0 Å². The molecule has 0 radical (unpaired) electrons. The highest BCUT2D eigenvalue weighted by atomic mass is 127. The minimum Gasteiger partial charge on any atom is -0.356 e. The maximum atomic E-state index is 11.8. The molecule has 0 spiro atoms. The summed E-state index contributed by atoms with van der Waals surface area (Å²) in [5, 5.41) is 3.39. The van der Waals surface area contributed by atoms with Crippen LogP contribution in [0, 0.1) is 0 Å². The zero-order valence-electron chi connectivity index (χ0n) is 15.3. The molecule has 1 unspecified atom stereocenters. The molecule has 0 bridgehead atoms. The van der Waals surface area contributed by atoms with E-state index in [0.717, 1.165) is 51.5 Å². The Hall–Kier alpha value is -0.570. The van der Waals surface area contributed by atoms with Crippen LogP contribution < -0.4 is 5.32 Å². The molecule has 23 heavy (non-hydrogen) atoms. The number of carbonyl (C=O) groups excluding carboxylic acids is 1. The standard InChI is InChI=1S/C16H33N5O.HI/c1-6-10-17-16(18-12-15(22)19(4)5)21-11-9-14(13-21)20(7-2)8-3;/h14H,6-13H2,1-5H3,(H,17,18);1H. The summed E-state index contributed by atoms with van der Waals surface area (Å²) in [5.41, 5.74) is 0. The number of hydrogen-bond donors (Lipinski definition) is 1. The van der Waals surface area contributed by atoms with Crippen molar-refractivity contribution in [1.29, 1.82) is 0 Å². The number of nitrogens with zero attached hydrogens (tertiary/aromatic N) is 4. The maximum absolute atomic E-state index is 11.8. The molecular weight excluding hydrogens is 405 g/mol. The van der Waals surface area contributed by atoms with Crippen LogP contribution >= 0.6 is 24.0 Å². The third kappa shape index (κ3) is 7.24. The summed E-state index contributed by atoms with van der Waals surface area (Å²) in [6.45, 7) is 11.8. The van der Waals surface area contributed by atoms with E-state index in [1.165, 1.54) is 0 Å². The van der Waals surface area contributed by atoms with Gasteiger partial charge in [-0.05, 0) is 25.9 Å². The highest BCUT2D eigenvalue weighted by Crippen LogP contribution is 2.15. The van der Waals surface area contributed by atoms with Gasteiger partial charge in [-0.2, -0.15) is 0 Å². The van der Waals surface area contributed by atoms with Gasteiger partial charge in [0, 0.05) is 39.8 Å². The lowest BCUT2D eigenvalue weighted by molar-refractivity contribution is -0.127. The molecule has 0 aliphatic carbocycles. The number of likely N-dealkylation sites (N-methyl/N-ethyl adjacent to an activating group) is 2. The van der Waals surface area contributed by atoms with Crippen molar-refractivity contribution in [3.63, 3.8) is 0 Å². The number of rotatable bonds is 7. The summed E-state index contributed by atoms with van der Waals surface area (Å²) in [6.07, 6.45) is 2.21. The zero-order chi connectivity index (χ0) is 16.5. The first kappa shape index (κ1) is 22.4. The van der Waals surface area contributed by atoms with Gasteiger partial charge in [0.25, 0.3) is 0 Å². The van der Waals surface area contributed by atoms with Crippen molar-refractivity contribution < 1.29 is 4.79 Å². The van der Waals surface area contributed by atoms with Gasteiger partial charge >= 0.3 is 0 Å². The topological polar surface area (TPSA) is 51.2 Å². The van der Waals surface area contributed by atoms with E-state index in [9.17, 15) is 4.79 Å². The molecule has 0 aromatic heterocycles. The van der Waals surface area contributed by atoms with E-state index in [2.05, 4.69) is 40.9 Å². The number of carbonyl (C=O) groups is 1. The molecule has 0 aromatic carbocycles. The van der Waals surface area contributed by atoms with E-state index in [4.69, 9.17) is 0 Å². The van der Waals surface area contributed by atoms with Gasteiger partial charge in [-0.1, -0.05) is 20.8 Å². The molecule has 1 saturated heterocycles. The molecule has 6 nitrogen and oxygen atoms in total. The van der Waals surface area contributed by atoms with Crippen LogP contribution in [0.4, 0.5) is 0 Å². The quantitative estimate of drug-likeness (QED) is 0.371. The van der Waals surface area contributed by atoms with Crippen LogP contribution in [0.1, 0.15) is 33.6 Å².